The Bertz CT molecular complexity index is 537. The molecule has 0 fully saturated rings. The van der Waals surface area contributed by atoms with Crippen molar-refractivity contribution < 1.29 is 18.3 Å². The molecule has 5 nitrogen and oxygen atoms in total. The average molecular weight is 271 g/mol. The number of aliphatic hydroxyl groups excluding tert-OH is 1. The lowest BCUT2D eigenvalue weighted by molar-refractivity contribution is -0.116. The van der Waals surface area contributed by atoms with Crippen LogP contribution in [0.3, 0.4) is 0 Å². The van der Waals surface area contributed by atoms with Gasteiger partial charge in [0.25, 0.3) is 0 Å². The van der Waals surface area contributed by atoms with Crippen molar-refractivity contribution in [2.75, 3.05) is 18.2 Å². The van der Waals surface area contributed by atoms with Crippen LogP contribution in [0.4, 0.5) is 5.69 Å². The molecule has 0 heterocycles. The van der Waals surface area contributed by atoms with E-state index in [2.05, 4.69) is 5.32 Å². The van der Waals surface area contributed by atoms with E-state index in [0.717, 1.165) is 11.8 Å². The lowest BCUT2D eigenvalue weighted by Crippen LogP contribution is -2.13. The second-order valence-electron chi connectivity index (χ2n) is 4.12. The number of nitrogens with one attached hydrogen (secondary N) is 1. The highest BCUT2D eigenvalue weighted by Crippen LogP contribution is 2.20. The molecule has 0 atom stereocenters. The van der Waals surface area contributed by atoms with Gasteiger partial charge in [0, 0.05) is 25.0 Å². The number of sulfone groups is 1. The van der Waals surface area contributed by atoms with Crippen LogP contribution in [0.2, 0.25) is 0 Å². The van der Waals surface area contributed by atoms with Crippen molar-refractivity contribution in [3.8, 4) is 0 Å². The van der Waals surface area contributed by atoms with Crippen LogP contribution in [0.15, 0.2) is 23.1 Å². The van der Waals surface area contributed by atoms with Crippen molar-refractivity contribution in [2.45, 2.75) is 24.7 Å². The van der Waals surface area contributed by atoms with Gasteiger partial charge < -0.3 is 10.4 Å². The van der Waals surface area contributed by atoms with E-state index in [9.17, 15) is 13.2 Å². The van der Waals surface area contributed by atoms with Gasteiger partial charge in [-0.25, -0.2) is 8.42 Å². The summed E-state index contributed by atoms with van der Waals surface area (Å²) in [6.45, 7) is 1.74. The van der Waals surface area contributed by atoms with Gasteiger partial charge in [-0.1, -0.05) is 6.07 Å². The topological polar surface area (TPSA) is 83.5 Å². The maximum atomic E-state index is 11.5. The largest absolute Gasteiger partial charge is 0.396 e. The molecule has 6 heteroatoms. The van der Waals surface area contributed by atoms with Gasteiger partial charge in [0.1, 0.15) is 0 Å². The molecule has 1 amide bonds. The van der Waals surface area contributed by atoms with Crippen molar-refractivity contribution in [2.24, 2.45) is 0 Å². The zero-order valence-electron chi connectivity index (χ0n) is 10.4. The van der Waals surface area contributed by atoms with Crippen LogP contribution in [0, 0.1) is 6.92 Å². The summed E-state index contributed by atoms with van der Waals surface area (Å²) in [7, 11) is -3.29. The zero-order valence-corrected chi connectivity index (χ0v) is 11.3. The van der Waals surface area contributed by atoms with E-state index in [1.165, 1.54) is 12.1 Å². The first-order chi connectivity index (χ1) is 8.34. The Morgan fingerprint density at radius 2 is 2.06 bits per heavy atom. The number of carbonyl (C=O) groups is 1. The monoisotopic (exact) mass is 271 g/mol. The molecule has 0 saturated carbocycles. The van der Waals surface area contributed by atoms with Gasteiger partial charge >= 0.3 is 0 Å². The van der Waals surface area contributed by atoms with Crippen molar-refractivity contribution >= 4 is 21.4 Å². The molecule has 0 radical (unpaired) electrons. The summed E-state index contributed by atoms with van der Waals surface area (Å²) in [4.78, 5) is 11.7. The second kappa shape index (κ2) is 5.97. The van der Waals surface area contributed by atoms with E-state index in [0.29, 0.717) is 12.1 Å². The number of hydrogen-bond acceptors (Lipinski definition) is 4. The molecule has 0 unspecified atom stereocenters. The fourth-order valence-electron chi connectivity index (χ4n) is 1.42. The van der Waals surface area contributed by atoms with Crippen LogP contribution in [0.5, 0.6) is 0 Å². The Kier molecular flexibility index (Phi) is 4.86. The van der Waals surface area contributed by atoms with E-state index < -0.39 is 9.84 Å². The lowest BCUT2D eigenvalue weighted by Gasteiger charge is -2.09. The summed E-state index contributed by atoms with van der Waals surface area (Å²) < 4.78 is 22.8. The first-order valence-corrected chi connectivity index (χ1v) is 7.45. The van der Waals surface area contributed by atoms with Gasteiger partial charge in [-0.05, 0) is 31.0 Å². The van der Waals surface area contributed by atoms with Gasteiger partial charge in [-0.3, -0.25) is 4.79 Å². The maximum Gasteiger partial charge on any atom is 0.224 e. The van der Waals surface area contributed by atoms with Crippen LogP contribution in [-0.4, -0.2) is 32.3 Å². The summed E-state index contributed by atoms with van der Waals surface area (Å²) in [6.07, 6.45) is 1.71. The van der Waals surface area contributed by atoms with Crippen LogP contribution in [0.25, 0.3) is 0 Å². The standard InChI is InChI=1S/C12H17NO4S/c1-9-5-6-10(18(2,16)17)8-11(9)13-12(15)4-3-7-14/h5-6,8,14H,3-4,7H2,1-2H3,(H,13,15). The van der Waals surface area contributed by atoms with Crippen molar-refractivity contribution in [1.82, 2.24) is 0 Å². The molecule has 1 aromatic carbocycles. The Hall–Kier alpha value is -1.40. The quantitative estimate of drug-likeness (QED) is 0.840. The first kappa shape index (κ1) is 14.7. The molecule has 1 rings (SSSR count). The summed E-state index contributed by atoms with van der Waals surface area (Å²) in [6, 6.07) is 4.60. The number of rotatable bonds is 5. The summed E-state index contributed by atoms with van der Waals surface area (Å²) in [5, 5.41) is 11.3. The van der Waals surface area contributed by atoms with E-state index in [1.807, 2.05) is 0 Å². The number of carbonyl (C=O) groups excluding carboxylic acids is 1. The molecule has 100 valence electrons. The van der Waals surface area contributed by atoms with Gasteiger partial charge in [0.15, 0.2) is 9.84 Å². The van der Waals surface area contributed by atoms with Gasteiger partial charge in [0.2, 0.25) is 5.91 Å². The highest BCUT2D eigenvalue weighted by molar-refractivity contribution is 7.90. The fraction of sp³-hybridized carbons (Fsp3) is 0.417. The minimum Gasteiger partial charge on any atom is -0.396 e. The number of aliphatic hydroxyl groups is 1. The summed E-state index contributed by atoms with van der Waals surface area (Å²) in [5.74, 6) is -0.238. The molecular formula is C12H17NO4S. The highest BCUT2D eigenvalue weighted by Gasteiger charge is 2.11. The highest BCUT2D eigenvalue weighted by atomic mass is 32.2. The van der Waals surface area contributed by atoms with Crippen LogP contribution in [-0.2, 0) is 14.6 Å². The number of aryl methyl sites for hydroxylation is 1. The van der Waals surface area contributed by atoms with Crippen LogP contribution >= 0.6 is 0 Å². The minimum absolute atomic E-state index is 0.0459. The Morgan fingerprint density at radius 3 is 2.61 bits per heavy atom. The SMILES string of the molecule is Cc1ccc(S(C)(=O)=O)cc1NC(=O)CCCO. The average Bonchev–Trinajstić information content (AvgIpc) is 2.28. The normalized spacial score (nSPS) is 11.3. The van der Waals surface area contributed by atoms with Crippen molar-refractivity contribution in [1.29, 1.82) is 0 Å². The van der Waals surface area contributed by atoms with Gasteiger partial charge in [0.05, 0.1) is 4.90 Å². The van der Waals surface area contributed by atoms with E-state index in [-0.39, 0.29) is 23.8 Å². The predicted molar refractivity (Wildman–Crippen MR) is 69.2 cm³/mol. The molecule has 0 saturated heterocycles. The number of anilines is 1. The molecular weight excluding hydrogens is 254 g/mol. The van der Waals surface area contributed by atoms with E-state index >= 15 is 0 Å². The third-order valence-electron chi connectivity index (χ3n) is 2.47. The fourth-order valence-corrected chi connectivity index (χ4v) is 2.07. The summed E-state index contributed by atoms with van der Waals surface area (Å²) in [5.41, 5.74) is 1.28. The van der Waals surface area contributed by atoms with Crippen molar-refractivity contribution in [3.05, 3.63) is 23.8 Å². The number of benzene rings is 1. The lowest BCUT2D eigenvalue weighted by atomic mass is 10.2. The number of amides is 1. The third-order valence-corrected chi connectivity index (χ3v) is 3.58. The van der Waals surface area contributed by atoms with Gasteiger partial charge in [-0.15, -0.1) is 0 Å². The smallest absolute Gasteiger partial charge is 0.224 e. The molecule has 0 aliphatic rings. The molecule has 0 aliphatic carbocycles. The predicted octanol–water partition coefficient (Wildman–Crippen LogP) is 1.11. The van der Waals surface area contributed by atoms with Crippen molar-refractivity contribution in [3.63, 3.8) is 0 Å². The Labute approximate surface area is 107 Å². The van der Waals surface area contributed by atoms with Gasteiger partial charge in [-0.2, -0.15) is 0 Å². The Morgan fingerprint density at radius 1 is 1.39 bits per heavy atom. The first-order valence-electron chi connectivity index (χ1n) is 5.56. The van der Waals surface area contributed by atoms with E-state index in [1.54, 1.807) is 13.0 Å². The number of hydrogen-bond donors (Lipinski definition) is 2. The molecule has 18 heavy (non-hydrogen) atoms. The molecule has 0 bridgehead atoms. The summed E-state index contributed by atoms with van der Waals surface area (Å²) >= 11 is 0. The minimum atomic E-state index is -3.29. The molecule has 2 N–H and O–H groups in total. The maximum absolute atomic E-state index is 11.5. The van der Waals surface area contributed by atoms with Crippen LogP contribution in [0.1, 0.15) is 18.4 Å². The Balaban J connectivity index is 2.92. The zero-order chi connectivity index (χ0) is 13.8. The molecule has 1 aromatic rings. The van der Waals surface area contributed by atoms with Crippen LogP contribution < -0.4 is 5.32 Å². The molecule has 0 aliphatic heterocycles. The third kappa shape index (κ3) is 4.12. The molecule has 0 spiro atoms. The molecule has 0 aromatic heterocycles. The second-order valence-corrected chi connectivity index (χ2v) is 6.14. The van der Waals surface area contributed by atoms with E-state index in [4.69, 9.17) is 5.11 Å².